The first-order chi connectivity index (χ1) is 18.9. The molecule has 4 bridgehead atoms. The molecule has 0 aromatic carbocycles. The van der Waals surface area contributed by atoms with Gasteiger partial charge in [-0.25, -0.2) is 10.4 Å². The number of carbonyl (C=O) groups is 2. The van der Waals surface area contributed by atoms with Crippen LogP contribution in [0.5, 0.6) is 0 Å². The number of hydrogen-bond donors (Lipinski definition) is 3. The molecule has 5 fully saturated rings. The Morgan fingerprint density at radius 3 is 2.54 bits per heavy atom. The smallest absolute Gasteiger partial charge is 0.308 e. The van der Waals surface area contributed by atoms with E-state index in [9.17, 15) is 9.59 Å². The Hall–Kier alpha value is -1.78. The van der Waals surface area contributed by atoms with E-state index in [-0.39, 0.29) is 12.3 Å². The van der Waals surface area contributed by atoms with E-state index in [0.717, 1.165) is 38.1 Å². The lowest BCUT2D eigenvalue weighted by atomic mass is 9.54. The van der Waals surface area contributed by atoms with Crippen LogP contribution >= 0.6 is 23.1 Å². The minimum Gasteiger partial charge on any atom is -0.481 e. The number of carbonyl (C=O) groups excluding carboxylic acids is 1. The summed E-state index contributed by atoms with van der Waals surface area (Å²) in [5.74, 6) is 4.29. The van der Waals surface area contributed by atoms with E-state index < -0.39 is 5.97 Å². The number of nitrogens with zero attached hydrogens (tertiary/aromatic N) is 2. The van der Waals surface area contributed by atoms with Gasteiger partial charge in [0, 0.05) is 23.2 Å². The molecule has 1 aromatic heterocycles. The van der Waals surface area contributed by atoms with Crippen molar-refractivity contribution in [3.05, 3.63) is 22.0 Å². The molecule has 39 heavy (non-hydrogen) atoms. The van der Waals surface area contributed by atoms with Gasteiger partial charge >= 0.3 is 5.97 Å². The second kappa shape index (κ2) is 12.0. The summed E-state index contributed by atoms with van der Waals surface area (Å²) in [6, 6.07) is 0.315. The molecule has 214 valence electrons. The van der Waals surface area contributed by atoms with E-state index in [1.807, 2.05) is 11.9 Å². The highest BCUT2D eigenvalue weighted by Gasteiger charge is 2.49. The van der Waals surface area contributed by atoms with Crippen LogP contribution in [0, 0.1) is 36.5 Å². The average Bonchev–Trinajstić information content (AvgIpc) is 3.47. The zero-order chi connectivity index (χ0) is 26.9. The molecule has 0 atom stereocenters. The Kier molecular flexibility index (Phi) is 8.42. The molecule has 7 rings (SSSR count). The van der Waals surface area contributed by atoms with Crippen molar-refractivity contribution in [2.75, 3.05) is 25.4 Å². The fraction of sp³-hybridized carbons (Fsp3) is 0.759. The zero-order valence-electron chi connectivity index (χ0n) is 23.0. The molecular formula is C29H42N4O4S2. The first kappa shape index (κ1) is 27.4. The number of thioether (sulfide) groups is 1. The lowest BCUT2D eigenvalue weighted by Crippen LogP contribution is -2.56. The molecule has 5 saturated carbocycles. The van der Waals surface area contributed by atoms with E-state index in [0.29, 0.717) is 49.4 Å². The van der Waals surface area contributed by atoms with E-state index in [2.05, 4.69) is 15.7 Å². The Labute approximate surface area is 239 Å². The van der Waals surface area contributed by atoms with Crippen LogP contribution in [0.1, 0.15) is 74.8 Å². The van der Waals surface area contributed by atoms with Gasteiger partial charge in [0.15, 0.2) is 0 Å². The van der Waals surface area contributed by atoms with Gasteiger partial charge in [0.1, 0.15) is 4.34 Å². The predicted octanol–water partition coefficient (Wildman–Crippen LogP) is 4.74. The highest BCUT2D eigenvalue weighted by atomic mass is 32.2. The van der Waals surface area contributed by atoms with Crippen LogP contribution in [0.2, 0.25) is 0 Å². The van der Waals surface area contributed by atoms with Crippen molar-refractivity contribution in [2.45, 2.75) is 87.9 Å². The SMILES string of the molecule is Cc1nc(SCCN2NCC(C(=O)NC3C4CC5CC(C4)CC3C5)=C2OCC2CCCCC2)sc1CC(=O)O. The fourth-order valence-electron chi connectivity index (χ4n) is 7.95. The van der Waals surface area contributed by atoms with E-state index >= 15 is 0 Å². The van der Waals surface area contributed by atoms with Gasteiger partial charge < -0.3 is 15.2 Å². The number of aliphatic carboxylic acids is 1. The normalized spacial score (nSPS) is 30.3. The molecule has 1 amide bonds. The van der Waals surface area contributed by atoms with Crippen LogP contribution in [-0.2, 0) is 20.7 Å². The third-order valence-electron chi connectivity index (χ3n) is 9.65. The molecule has 0 spiro atoms. The molecule has 3 N–H and O–H groups in total. The number of carboxylic acids is 1. The number of amides is 1. The largest absolute Gasteiger partial charge is 0.481 e. The zero-order valence-corrected chi connectivity index (χ0v) is 24.6. The number of ether oxygens (including phenoxy) is 1. The van der Waals surface area contributed by atoms with Crippen molar-refractivity contribution in [1.29, 1.82) is 0 Å². The number of thiazole rings is 1. The molecule has 0 unspecified atom stereocenters. The maximum Gasteiger partial charge on any atom is 0.308 e. The maximum atomic E-state index is 13.7. The second-order valence-electron chi connectivity index (χ2n) is 12.4. The van der Waals surface area contributed by atoms with Crippen molar-refractivity contribution in [1.82, 2.24) is 20.7 Å². The maximum absolute atomic E-state index is 13.7. The molecule has 8 nitrogen and oxygen atoms in total. The van der Waals surface area contributed by atoms with Gasteiger partial charge in [-0.2, -0.15) is 0 Å². The average molecular weight is 575 g/mol. The fourth-order valence-corrected chi connectivity index (χ4v) is 10.2. The van der Waals surface area contributed by atoms with Crippen LogP contribution in [0.25, 0.3) is 0 Å². The third kappa shape index (κ3) is 6.27. The van der Waals surface area contributed by atoms with Crippen LogP contribution in [-0.4, -0.2) is 58.5 Å². The quantitative estimate of drug-likeness (QED) is 0.326. The lowest BCUT2D eigenvalue weighted by Gasteiger charge is -2.54. The van der Waals surface area contributed by atoms with Gasteiger partial charge in [0.25, 0.3) is 5.91 Å². The number of hydrogen-bond acceptors (Lipinski definition) is 8. The molecule has 0 saturated heterocycles. The number of carboxylic acid groups (broad SMARTS) is 1. The summed E-state index contributed by atoms with van der Waals surface area (Å²) < 4.78 is 7.35. The predicted molar refractivity (Wildman–Crippen MR) is 152 cm³/mol. The summed E-state index contributed by atoms with van der Waals surface area (Å²) >= 11 is 3.09. The summed E-state index contributed by atoms with van der Waals surface area (Å²) in [7, 11) is 0. The molecule has 2 heterocycles. The third-order valence-corrected chi connectivity index (χ3v) is 11.9. The molecule has 0 radical (unpaired) electrons. The molecule has 5 aliphatic carbocycles. The Morgan fingerprint density at radius 2 is 1.85 bits per heavy atom. The van der Waals surface area contributed by atoms with Gasteiger partial charge in [0.2, 0.25) is 5.88 Å². The summed E-state index contributed by atoms with van der Waals surface area (Å²) in [6.45, 7) is 3.70. The highest BCUT2D eigenvalue weighted by Crippen LogP contribution is 2.53. The van der Waals surface area contributed by atoms with Gasteiger partial charge in [-0.15, -0.1) is 11.3 Å². The molecule has 10 heteroatoms. The van der Waals surface area contributed by atoms with Crippen molar-refractivity contribution in [3.8, 4) is 0 Å². The number of rotatable bonds is 11. The number of aryl methyl sites for hydroxylation is 1. The summed E-state index contributed by atoms with van der Waals surface area (Å²) in [4.78, 5) is 30.2. The highest BCUT2D eigenvalue weighted by molar-refractivity contribution is 8.01. The molecular weight excluding hydrogens is 532 g/mol. The van der Waals surface area contributed by atoms with Crippen LogP contribution < -0.4 is 10.7 Å². The number of aromatic nitrogens is 1. The first-order valence-corrected chi connectivity index (χ1v) is 16.7. The minimum atomic E-state index is -0.830. The minimum absolute atomic E-state index is 0.0160. The van der Waals surface area contributed by atoms with Gasteiger partial charge in [-0.3, -0.25) is 14.6 Å². The Morgan fingerprint density at radius 1 is 1.13 bits per heavy atom. The summed E-state index contributed by atoms with van der Waals surface area (Å²) in [5, 5.41) is 14.6. The van der Waals surface area contributed by atoms with E-state index in [1.165, 1.54) is 75.5 Å². The van der Waals surface area contributed by atoms with Crippen LogP contribution in [0.15, 0.2) is 15.8 Å². The van der Waals surface area contributed by atoms with Gasteiger partial charge in [0.05, 0.1) is 30.8 Å². The van der Waals surface area contributed by atoms with Gasteiger partial charge in [-0.05, 0) is 81.5 Å². The number of nitrogens with one attached hydrogen (secondary N) is 2. The Bertz CT molecular complexity index is 1070. The monoisotopic (exact) mass is 574 g/mol. The standard InChI is InChI=1S/C29H42N4O4S2/c1-17-24(14-25(34)35)39-29(31-17)38-8-7-33-28(37-16-18-5-3-2-4-6-18)23(15-30-33)27(36)32-26-21-10-19-9-20(12-21)13-22(26)11-19/h18-22,26,30H,2-16H2,1H3,(H,32,36)(H,34,35). The number of hydrazine groups is 1. The summed E-state index contributed by atoms with van der Waals surface area (Å²) in [5.41, 5.74) is 4.95. The molecule has 1 aliphatic heterocycles. The van der Waals surface area contributed by atoms with Crippen molar-refractivity contribution < 1.29 is 19.4 Å². The van der Waals surface area contributed by atoms with Gasteiger partial charge in [-0.1, -0.05) is 31.0 Å². The topological polar surface area (TPSA) is 104 Å². The van der Waals surface area contributed by atoms with Crippen molar-refractivity contribution in [2.24, 2.45) is 29.6 Å². The van der Waals surface area contributed by atoms with Crippen LogP contribution in [0.3, 0.4) is 0 Å². The summed E-state index contributed by atoms with van der Waals surface area (Å²) in [6.07, 6.45) is 12.8. The van der Waals surface area contributed by atoms with Crippen LogP contribution in [0.4, 0.5) is 0 Å². The Balaban J connectivity index is 1.11. The second-order valence-corrected chi connectivity index (χ2v) is 14.8. The molecule has 6 aliphatic rings. The molecule has 1 aromatic rings. The van der Waals surface area contributed by atoms with Crippen molar-refractivity contribution in [3.63, 3.8) is 0 Å². The first-order valence-electron chi connectivity index (χ1n) is 14.9. The van der Waals surface area contributed by atoms with E-state index in [4.69, 9.17) is 9.84 Å². The van der Waals surface area contributed by atoms with E-state index in [1.54, 1.807) is 11.8 Å². The van der Waals surface area contributed by atoms with Crippen molar-refractivity contribution >= 4 is 35.0 Å². The lowest BCUT2D eigenvalue weighted by molar-refractivity contribution is -0.136.